The summed E-state index contributed by atoms with van der Waals surface area (Å²) in [6, 6.07) is 5.19. The third kappa shape index (κ3) is 3.64. The van der Waals surface area contributed by atoms with Gasteiger partial charge in [0.25, 0.3) is 0 Å². The highest BCUT2D eigenvalue weighted by Gasteiger charge is 2.09. The molecule has 0 radical (unpaired) electrons. The monoisotopic (exact) mass is 272 g/mol. The summed E-state index contributed by atoms with van der Waals surface area (Å²) in [6.45, 7) is 4.32. The van der Waals surface area contributed by atoms with Crippen LogP contribution >= 0.6 is 15.9 Å². The predicted molar refractivity (Wildman–Crippen MR) is 61.0 cm³/mol. The van der Waals surface area contributed by atoms with Crippen LogP contribution in [0.2, 0.25) is 0 Å². The number of halogens is 1. The minimum absolute atomic E-state index is 0.141. The van der Waals surface area contributed by atoms with Crippen LogP contribution in [-0.4, -0.2) is 17.2 Å². The highest BCUT2D eigenvalue weighted by atomic mass is 79.9. The minimum Gasteiger partial charge on any atom is -0.478 e. The van der Waals surface area contributed by atoms with E-state index in [0.29, 0.717) is 11.1 Å². The van der Waals surface area contributed by atoms with E-state index in [4.69, 9.17) is 9.84 Å². The number of aromatic carboxylic acids is 1. The molecule has 0 spiro atoms. The van der Waals surface area contributed by atoms with E-state index in [1.807, 2.05) is 19.9 Å². The topological polar surface area (TPSA) is 46.5 Å². The van der Waals surface area contributed by atoms with Crippen LogP contribution in [0.3, 0.4) is 0 Å². The first-order valence-corrected chi connectivity index (χ1v) is 5.43. The van der Waals surface area contributed by atoms with Crippen LogP contribution in [0.4, 0.5) is 0 Å². The molecular weight excluding hydrogens is 260 g/mol. The van der Waals surface area contributed by atoms with Crippen molar-refractivity contribution in [1.29, 1.82) is 0 Å². The number of benzene rings is 1. The lowest BCUT2D eigenvalue weighted by molar-refractivity contribution is 0.0652. The molecule has 1 N–H and O–H groups in total. The van der Waals surface area contributed by atoms with Gasteiger partial charge in [0.1, 0.15) is 0 Å². The fraction of sp³-hybridized carbons (Fsp3) is 0.364. The average Bonchev–Trinajstić information content (AvgIpc) is 2.16. The fourth-order valence-corrected chi connectivity index (χ4v) is 1.51. The van der Waals surface area contributed by atoms with E-state index >= 15 is 0 Å². The van der Waals surface area contributed by atoms with Gasteiger partial charge in [-0.1, -0.05) is 6.07 Å². The van der Waals surface area contributed by atoms with Crippen LogP contribution in [0.15, 0.2) is 22.7 Å². The molecule has 0 aliphatic carbocycles. The summed E-state index contributed by atoms with van der Waals surface area (Å²) in [5.74, 6) is -0.937. The molecule has 82 valence electrons. The summed E-state index contributed by atoms with van der Waals surface area (Å²) < 4.78 is 5.98. The first kappa shape index (κ1) is 12.2. The molecule has 3 nitrogen and oxygen atoms in total. The lowest BCUT2D eigenvalue weighted by Crippen LogP contribution is -2.04. The van der Waals surface area contributed by atoms with Gasteiger partial charge >= 0.3 is 5.97 Å². The molecule has 1 rings (SSSR count). The Bertz CT molecular complexity index is 361. The van der Waals surface area contributed by atoms with Gasteiger partial charge in [-0.3, -0.25) is 0 Å². The molecule has 4 heteroatoms. The van der Waals surface area contributed by atoms with Crippen molar-refractivity contribution in [3.05, 3.63) is 33.8 Å². The van der Waals surface area contributed by atoms with Gasteiger partial charge in [0.2, 0.25) is 0 Å². The van der Waals surface area contributed by atoms with Gasteiger partial charge in [-0.15, -0.1) is 0 Å². The maximum atomic E-state index is 10.8. The summed E-state index contributed by atoms with van der Waals surface area (Å²) in [4.78, 5) is 10.8. The molecule has 0 aliphatic rings. The van der Waals surface area contributed by atoms with Crippen molar-refractivity contribution in [3.8, 4) is 0 Å². The first-order chi connectivity index (χ1) is 7.00. The van der Waals surface area contributed by atoms with E-state index in [1.54, 1.807) is 12.1 Å². The SMILES string of the molecule is CC(C)OCc1ccc(Br)c(C(=O)O)c1. The molecule has 0 saturated carbocycles. The van der Waals surface area contributed by atoms with Crippen LogP contribution in [0.5, 0.6) is 0 Å². The Kier molecular flexibility index (Phi) is 4.29. The standard InChI is InChI=1S/C11H13BrO3/c1-7(2)15-6-8-3-4-10(12)9(5-8)11(13)14/h3-5,7H,6H2,1-2H3,(H,13,14). The number of ether oxygens (including phenoxy) is 1. The van der Waals surface area contributed by atoms with Crippen molar-refractivity contribution < 1.29 is 14.6 Å². The molecule has 1 aromatic carbocycles. The minimum atomic E-state index is -0.937. The number of carboxylic acid groups (broad SMARTS) is 1. The predicted octanol–water partition coefficient (Wildman–Crippen LogP) is 3.07. The summed E-state index contributed by atoms with van der Waals surface area (Å²) in [7, 11) is 0. The fourth-order valence-electron chi connectivity index (χ4n) is 1.09. The van der Waals surface area contributed by atoms with Gasteiger partial charge in [0, 0.05) is 4.47 Å². The number of carboxylic acids is 1. The lowest BCUT2D eigenvalue weighted by atomic mass is 10.1. The van der Waals surface area contributed by atoms with Gasteiger partial charge in [0.05, 0.1) is 18.3 Å². The van der Waals surface area contributed by atoms with Crippen LogP contribution in [0.25, 0.3) is 0 Å². The Morgan fingerprint density at radius 1 is 1.53 bits per heavy atom. The Hall–Kier alpha value is -0.870. The second-order valence-electron chi connectivity index (χ2n) is 3.48. The highest BCUT2D eigenvalue weighted by Crippen LogP contribution is 2.19. The van der Waals surface area contributed by atoms with Gasteiger partial charge < -0.3 is 9.84 Å². The maximum absolute atomic E-state index is 10.8. The van der Waals surface area contributed by atoms with E-state index in [1.165, 1.54) is 0 Å². The molecule has 15 heavy (non-hydrogen) atoms. The van der Waals surface area contributed by atoms with Crippen molar-refractivity contribution in [3.63, 3.8) is 0 Å². The second kappa shape index (κ2) is 5.28. The number of carbonyl (C=O) groups is 1. The summed E-state index contributed by atoms with van der Waals surface area (Å²) in [6.07, 6.45) is 0.141. The largest absolute Gasteiger partial charge is 0.478 e. The van der Waals surface area contributed by atoms with Crippen LogP contribution in [0.1, 0.15) is 29.8 Å². The van der Waals surface area contributed by atoms with Gasteiger partial charge in [0.15, 0.2) is 0 Å². The average molecular weight is 273 g/mol. The van der Waals surface area contributed by atoms with Crippen LogP contribution < -0.4 is 0 Å². The number of hydrogen-bond acceptors (Lipinski definition) is 2. The number of hydrogen-bond donors (Lipinski definition) is 1. The molecule has 0 bridgehead atoms. The lowest BCUT2D eigenvalue weighted by Gasteiger charge is -2.08. The van der Waals surface area contributed by atoms with Crippen LogP contribution in [-0.2, 0) is 11.3 Å². The maximum Gasteiger partial charge on any atom is 0.336 e. The van der Waals surface area contributed by atoms with Crippen molar-refractivity contribution in [2.45, 2.75) is 26.6 Å². The van der Waals surface area contributed by atoms with Gasteiger partial charge in [-0.25, -0.2) is 4.79 Å². The van der Waals surface area contributed by atoms with Crippen molar-refractivity contribution in [2.24, 2.45) is 0 Å². The summed E-state index contributed by atoms with van der Waals surface area (Å²) >= 11 is 3.19. The molecular formula is C11H13BrO3. The molecule has 0 aromatic heterocycles. The molecule has 1 aromatic rings. The number of rotatable bonds is 4. The van der Waals surface area contributed by atoms with Crippen molar-refractivity contribution in [1.82, 2.24) is 0 Å². The molecule has 0 amide bonds. The molecule has 0 atom stereocenters. The highest BCUT2D eigenvalue weighted by molar-refractivity contribution is 9.10. The normalized spacial score (nSPS) is 10.7. The Morgan fingerprint density at radius 3 is 2.73 bits per heavy atom. The van der Waals surface area contributed by atoms with Crippen molar-refractivity contribution >= 4 is 21.9 Å². The van der Waals surface area contributed by atoms with E-state index < -0.39 is 5.97 Å². The zero-order chi connectivity index (χ0) is 11.4. The van der Waals surface area contributed by atoms with E-state index in [2.05, 4.69) is 15.9 Å². The van der Waals surface area contributed by atoms with Gasteiger partial charge in [-0.2, -0.15) is 0 Å². The van der Waals surface area contributed by atoms with Gasteiger partial charge in [-0.05, 0) is 47.5 Å². The van der Waals surface area contributed by atoms with E-state index in [9.17, 15) is 4.79 Å². The second-order valence-corrected chi connectivity index (χ2v) is 4.33. The third-order valence-electron chi connectivity index (χ3n) is 1.84. The smallest absolute Gasteiger partial charge is 0.336 e. The molecule has 0 unspecified atom stereocenters. The van der Waals surface area contributed by atoms with E-state index in [-0.39, 0.29) is 11.7 Å². The Balaban J connectivity index is 2.83. The molecule has 0 fully saturated rings. The summed E-state index contributed by atoms with van der Waals surface area (Å²) in [5, 5.41) is 8.90. The van der Waals surface area contributed by atoms with Crippen LogP contribution in [0, 0.1) is 0 Å². The first-order valence-electron chi connectivity index (χ1n) is 4.64. The van der Waals surface area contributed by atoms with Crippen molar-refractivity contribution in [2.75, 3.05) is 0 Å². The molecule has 0 aliphatic heterocycles. The third-order valence-corrected chi connectivity index (χ3v) is 2.54. The zero-order valence-electron chi connectivity index (χ0n) is 8.66. The summed E-state index contributed by atoms with van der Waals surface area (Å²) in [5.41, 5.74) is 1.13. The molecule has 0 heterocycles. The van der Waals surface area contributed by atoms with E-state index in [0.717, 1.165) is 5.56 Å². The zero-order valence-corrected chi connectivity index (χ0v) is 10.2. The quantitative estimate of drug-likeness (QED) is 0.917. The Labute approximate surface area is 97.2 Å². The Morgan fingerprint density at radius 2 is 2.20 bits per heavy atom. The molecule has 0 saturated heterocycles.